The average Bonchev–Trinajstić information content (AvgIpc) is 2.51. The molecule has 1 unspecified atom stereocenters. The summed E-state index contributed by atoms with van der Waals surface area (Å²) in [7, 11) is 0. The van der Waals surface area contributed by atoms with Crippen LogP contribution in [0.1, 0.15) is 71.3 Å². The number of nitrogens with zero attached hydrogens (tertiary/aromatic N) is 1. The molecule has 1 atom stereocenters. The molecular weight excluding hydrogens is 300 g/mol. The predicted molar refractivity (Wildman–Crippen MR) is 98.6 cm³/mol. The normalized spacial score (nSPS) is 12.8. The number of carbonyl (C=O) groups excluding carboxylic acids is 1. The second kappa shape index (κ2) is 11.2. The van der Waals surface area contributed by atoms with Gasteiger partial charge in [-0.05, 0) is 70.5 Å². The van der Waals surface area contributed by atoms with E-state index in [1.165, 1.54) is 5.56 Å². The molecule has 136 valence electrons. The van der Waals surface area contributed by atoms with Crippen LogP contribution >= 0.6 is 0 Å². The third-order valence-electron chi connectivity index (χ3n) is 4.04. The van der Waals surface area contributed by atoms with Crippen LogP contribution in [0.3, 0.4) is 0 Å². The van der Waals surface area contributed by atoms with Crippen molar-refractivity contribution in [3.8, 4) is 0 Å². The zero-order valence-corrected chi connectivity index (χ0v) is 15.6. The molecule has 24 heavy (non-hydrogen) atoms. The van der Waals surface area contributed by atoms with Crippen LogP contribution in [-0.4, -0.2) is 23.1 Å². The van der Waals surface area contributed by atoms with Gasteiger partial charge in [0.2, 0.25) is 0 Å². The summed E-state index contributed by atoms with van der Waals surface area (Å²) in [6, 6.07) is 4.10. The number of rotatable bonds is 11. The van der Waals surface area contributed by atoms with Gasteiger partial charge in [-0.1, -0.05) is 25.3 Å². The zero-order valence-electron chi connectivity index (χ0n) is 15.6. The summed E-state index contributed by atoms with van der Waals surface area (Å²) >= 11 is 0. The summed E-state index contributed by atoms with van der Waals surface area (Å²) in [5.41, 5.74) is 6.49. The van der Waals surface area contributed by atoms with Crippen LogP contribution in [0.15, 0.2) is 24.5 Å². The van der Waals surface area contributed by atoms with Gasteiger partial charge in [0.1, 0.15) is 5.60 Å². The molecule has 4 heteroatoms. The van der Waals surface area contributed by atoms with E-state index in [1.807, 2.05) is 33.0 Å². The molecular formula is C20H34N2O2. The highest BCUT2D eigenvalue weighted by Crippen LogP contribution is 2.22. The fourth-order valence-corrected chi connectivity index (χ4v) is 2.87. The number of hydrogen-bond donors (Lipinski definition) is 1. The van der Waals surface area contributed by atoms with Crippen molar-refractivity contribution < 1.29 is 9.53 Å². The van der Waals surface area contributed by atoms with Crippen molar-refractivity contribution >= 4 is 5.97 Å². The standard InChI is InChI=1S/C20H34N2O2/c1-20(2,3)24-19(23)13-12-17(8-4-5-14-21)9-6-10-18-11-7-15-22-16-18/h7,11,15-17H,4-6,8-10,12-14,21H2,1-3H3. The van der Waals surface area contributed by atoms with Gasteiger partial charge in [0.25, 0.3) is 0 Å². The molecule has 0 fully saturated rings. The summed E-state index contributed by atoms with van der Waals surface area (Å²) in [5.74, 6) is 0.485. The van der Waals surface area contributed by atoms with Crippen LogP contribution in [0.2, 0.25) is 0 Å². The van der Waals surface area contributed by atoms with Crippen LogP contribution in [0, 0.1) is 5.92 Å². The number of unbranched alkanes of at least 4 members (excludes halogenated alkanes) is 1. The summed E-state index contributed by atoms with van der Waals surface area (Å²) in [6.07, 6.45) is 11.8. The predicted octanol–water partition coefficient (Wildman–Crippen LogP) is 4.27. The third-order valence-corrected chi connectivity index (χ3v) is 4.04. The number of esters is 1. The molecule has 4 nitrogen and oxygen atoms in total. The molecule has 0 amide bonds. The second-order valence-electron chi connectivity index (χ2n) is 7.53. The van der Waals surface area contributed by atoms with Gasteiger partial charge in [-0.2, -0.15) is 0 Å². The molecule has 2 N–H and O–H groups in total. The van der Waals surface area contributed by atoms with E-state index >= 15 is 0 Å². The van der Waals surface area contributed by atoms with E-state index in [0.717, 1.165) is 51.5 Å². The molecule has 1 rings (SSSR count). The van der Waals surface area contributed by atoms with E-state index in [9.17, 15) is 4.79 Å². The topological polar surface area (TPSA) is 65.2 Å². The molecule has 0 saturated heterocycles. The maximum Gasteiger partial charge on any atom is 0.306 e. The van der Waals surface area contributed by atoms with E-state index in [1.54, 1.807) is 6.20 Å². The number of pyridine rings is 1. The second-order valence-corrected chi connectivity index (χ2v) is 7.53. The van der Waals surface area contributed by atoms with Crippen LogP contribution in [0.25, 0.3) is 0 Å². The lowest BCUT2D eigenvalue weighted by atomic mass is 9.90. The minimum atomic E-state index is -0.396. The maximum absolute atomic E-state index is 11.9. The Kier molecular flexibility index (Phi) is 9.62. The van der Waals surface area contributed by atoms with Gasteiger partial charge in [-0.3, -0.25) is 9.78 Å². The smallest absolute Gasteiger partial charge is 0.306 e. The average molecular weight is 335 g/mol. The lowest BCUT2D eigenvalue weighted by Gasteiger charge is -2.21. The number of aryl methyl sites for hydroxylation is 1. The Morgan fingerprint density at radius 1 is 1.21 bits per heavy atom. The highest BCUT2D eigenvalue weighted by molar-refractivity contribution is 5.69. The SMILES string of the molecule is CC(C)(C)OC(=O)CCC(CCCCN)CCCc1cccnc1. The van der Waals surface area contributed by atoms with Gasteiger partial charge in [-0.15, -0.1) is 0 Å². The van der Waals surface area contributed by atoms with Crippen molar-refractivity contribution in [1.29, 1.82) is 0 Å². The van der Waals surface area contributed by atoms with Crippen molar-refractivity contribution in [1.82, 2.24) is 4.98 Å². The quantitative estimate of drug-likeness (QED) is 0.485. The van der Waals surface area contributed by atoms with Crippen LogP contribution in [0.4, 0.5) is 0 Å². The fraction of sp³-hybridized carbons (Fsp3) is 0.700. The fourth-order valence-electron chi connectivity index (χ4n) is 2.87. The maximum atomic E-state index is 11.9. The van der Waals surface area contributed by atoms with E-state index in [2.05, 4.69) is 11.1 Å². The minimum absolute atomic E-state index is 0.0846. The lowest BCUT2D eigenvalue weighted by molar-refractivity contribution is -0.155. The summed E-state index contributed by atoms with van der Waals surface area (Å²) in [6.45, 7) is 6.49. The molecule has 0 saturated carbocycles. The van der Waals surface area contributed by atoms with Crippen molar-refractivity contribution in [3.63, 3.8) is 0 Å². The van der Waals surface area contributed by atoms with Crippen molar-refractivity contribution in [2.75, 3.05) is 6.54 Å². The Morgan fingerprint density at radius 3 is 2.58 bits per heavy atom. The first kappa shape index (κ1) is 20.6. The number of ether oxygens (including phenoxy) is 1. The first-order valence-corrected chi connectivity index (χ1v) is 9.21. The largest absolute Gasteiger partial charge is 0.460 e. The van der Waals surface area contributed by atoms with Gasteiger partial charge in [-0.25, -0.2) is 0 Å². The molecule has 0 aromatic carbocycles. The number of aromatic nitrogens is 1. The van der Waals surface area contributed by atoms with Gasteiger partial charge >= 0.3 is 5.97 Å². The Bertz CT molecular complexity index is 454. The summed E-state index contributed by atoms with van der Waals surface area (Å²) in [5, 5.41) is 0. The Morgan fingerprint density at radius 2 is 1.96 bits per heavy atom. The minimum Gasteiger partial charge on any atom is -0.460 e. The molecule has 1 aromatic heterocycles. The zero-order chi connectivity index (χ0) is 17.8. The van der Waals surface area contributed by atoms with E-state index in [4.69, 9.17) is 10.5 Å². The monoisotopic (exact) mass is 334 g/mol. The first-order valence-electron chi connectivity index (χ1n) is 9.21. The molecule has 0 aliphatic heterocycles. The van der Waals surface area contributed by atoms with E-state index in [0.29, 0.717) is 12.3 Å². The van der Waals surface area contributed by atoms with Crippen LogP contribution in [0.5, 0.6) is 0 Å². The highest BCUT2D eigenvalue weighted by atomic mass is 16.6. The lowest BCUT2D eigenvalue weighted by Crippen LogP contribution is -2.24. The summed E-state index contributed by atoms with van der Waals surface area (Å²) in [4.78, 5) is 16.1. The molecule has 0 radical (unpaired) electrons. The van der Waals surface area contributed by atoms with Gasteiger partial charge in [0.15, 0.2) is 0 Å². The molecule has 0 spiro atoms. The number of hydrogen-bond acceptors (Lipinski definition) is 4. The van der Waals surface area contributed by atoms with Crippen LogP contribution < -0.4 is 5.73 Å². The molecule has 1 heterocycles. The Balaban J connectivity index is 2.37. The molecule has 0 aliphatic rings. The third kappa shape index (κ3) is 10.4. The van der Waals surface area contributed by atoms with Crippen molar-refractivity contribution in [3.05, 3.63) is 30.1 Å². The first-order chi connectivity index (χ1) is 11.4. The van der Waals surface area contributed by atoms with Gasteiger partial charge in [0, 0.05) is 18.8 Å². The van der Waals surface area contributed by atoms with Crippen molar-refractivity contribution in [2.45, 2.75) is 77.7 Å². The summed E-state index contributed by atoms with van der Waals surface area (Å²) < 4.78 is 5.42. The number of nitrogens with two attached hydrogens (primary N) is 1. The number of carbonyl (C=O) groups is 1. The van der Waals surface area contributed by atoms with Gasteiger partial charge < -0.3 is 10.5 Å². The van der Waals surface area contributed by atoms with Gasteiger partial charge in [0.05, 0.1) is 0 Å². The molecule has 0 bridgehead atoms. The Hall–Kier alpha value is -1.42. The van der Waals surface area contributed by atoms with E-state index < -0.39 is 5.60 Å². The van der Waals surface area contributed by atoms with Crippen LogP contribution in [-0.2, 0) is 16.0 Å². The molecule has 0 aliphatic carbocycles. The Labute approximate surface area is 147 Å². The van der Waals surface area contributed by atoms with Crippen molar-refractivity contribution in [2.24, 2.45) is 11.7 Å². The molecule has 1 aromatic rings. The highest BCUT2D eigenvalue weighted by Gasteiger charge is 2.18. The van der Waals surface area contributed by atoms with E-state index in [-0.39, 0.29) is 5.97 Å².